The van der Waals surface area contributed by atoms with E-state index in [1.54, 1.807) is 6.07 Å². The van der Waals surface area contributed by atoms with Gasteiger partial charge in [0.25, 0.3) is 10.0 Å². The largest absolute Gasteiger partial charge is 0.331 e. The van der Waals surface area contributed by atoms with Gasteiger partial charge in [0, 0.05) is 0 Å². The van der Waals surface area contributed by atoms with Crippen LogP contribution in [0.3, 0.4) is 0 Å². The summed E-state index contributed by atoms with van der Waals surface area (Å²) in [6.07, 6.45) is 11.2. The lowest BCUT2D eigenvalue weighted by Crippen LogP contribution is -2.43. The first-order valence-corrected chi connectivity index (χ1v) is 12.9. The van der Waals surface area contributed by atoms with Crippen molar-refractivity contribution in [3.63, 3.8) is 0 Å². The lowest BCUT2D eigenvalue weighted by molar-refractivity contribution is 0.518. The van der Waals surface area contributed by atoms with Gasteiger partial charge in [-0.3, -0.25) is 0 Å². The summed E-state index contributed by atoms with van der Waals surface area (Å²) in [7, 11) is -3.66. The van der Waals surface area contributed by atoms with E-state index >= 15 is 0 Å². The van der Waals surface area contributed by atoms with Crippen LogP contribution in [0.4, 0.5) is 5.69 Å². The molecule has 0 fully saturated rings. The number of aryl methyl sites for hydroxylation is 1. The fraction of sp³-hybridized carbons (Fsp3) is 0.458. The van der Waals surface area contributed by atoms with Gasteiger partial charge in [-0.1, -0.05) is 88.3 Å². The van der Waals surface area contributed by atoms with Gasteiger partial charge in [-0.2, -0.15) is 0 Å². The van der Waals surface area contributed by atoms with Crippen LogP contribution in [0.5, 0.6) is 0 Å². The number of hydrogen-bond donors (Lipinski definition) is 1. The number of anilines is 1. The maximum absolute atomic E-state index is 13.1. The molecule has 1 aliphatic rings. The maximum atomic E-state index is 13.1. The maximum Gasteiger partial charge on any atom is 0.268 e. The Hall–Kier alpha value is -1.92. The molecule has 1 N–H and O–H groups in total. The second kappa shape index (κ2) is 10.9. The molecule has 0 spiro atoms. The van der Waals surface area contributed by atoms with E-state index in [1.807, 2.05) is 42.5 Å². The minimum atomic E-state index is -3.66. The lowest BCUT2D eigenvalue weighted by Gasteiger charge is -2.31. The van der Waals surface area contributed by atoms with Gasteiger partial charge in [-0.15, -0.1) is 0 Å². The predicted octanol–water partition coefficient (Wildman–Crippen LogP) is 6.27. The summed E-state index contributed by atoms with van der Waals surface area (Å²) in [5.74, 6) is 0. The van der Waals surface area contributed by atoms with Gasteiger partial charge in [0.05, 0.1) is 12.2 Å². The smallest absolute Gasteiger partial charge is 0.268 e. The van der Waals surface area contributed by atoms with Gasteiger partial charge in [0.1, 0.15) is 4.90 Å². The van der Waals surface area contributed by atoms with Crippen LogP contribution in [0.1, 0.15) is 69.4 Å². The summed E-state index contributed by atoms with van der Waals surface area (Å²) in [4.78, 5) is 0.298. The predicted molar refractivity (Wildman–Crippen MR) is 128 cm³/mol. The summed E-state index contributed by atoms with van der Waals surface area (Å²) in [5, 5.41) is 3.37. The van der Waals surface area contributed by atoms with Crippen molar-refractivity contribution in [2.75, 3.05) is 5.32 Å². The Morgan fingerprint density at radius 1 is 0.867 bits per heavy atom. The molecule has 0 radical (unpaired) electrons. The highest BCUT2D eigenvalue weighted by Crippen LogP contribution is 2.32. The number of unbranched alkanes of at least 4 members (excludes halogenated alkanes) is 7. The van der Waals surface area contributed by atoms with Crippen molar-refractivity contribution >= 4 is 33.0 Å². The molecule has 0 aromatic heterocycles. The quantitative estimate of drug-likeness (QED) is 0.328. The Morgan fingerprint density at radius 2 is 1.53 bits per heavy atom. The van der Waals surface area contributed by atoms with Crippen LogP contribution in [0.15, 0.2) is 53.4 Å². The van der Waals surface area contributed by atoms with Crippen LogP contribution < -0.4 is 5.32 Å². The minimum Gasteiger partial charge on any atom is -0.331 e. The van der Waals surface area contributed by atoms with E-state index in [9.17, 15) is 8.42 Å². The van der Waals surface area contributed by atoms with Crippen LogP contribution >= 0.6 is 12.2 Å². The van der Waals surface area contributed by atoms with Crippen molar-refractivity contribution in [2.24, 2.45) is 0 Å². The first kappa shape index (κ1) is 22.8. The normalized spacial score (nSPS) is 15.0. The molecule has 1 aliphatic heterocycles. The molecule has 2 aromatic rings. The van der Waals surface area contributed by atoms with Crippen molar-refractivity contribution in [1.29, 1.82) is 0 Å². The van der Waals surface area contributed by atoms with E-state index in [-0.39, 0.29) is 11.7 Å². The summed E-state index contributed by atoms with van der Waals surface area (Å²) < 4.78 is 27.5. The number of nitrogens with zero attached hydrogens (tertiary/aromatic N) is 1. The van der Waals surface area contributed by atoms with Crippen LogP contribution in [0, 0.1) is 0 Å². The second-order valence-electron chi connectivity index (χ2n) is 7.98. The van der Waals surface area contributed by atoms with Crippen LogP contribution in [0.25, 0.3) is 0 Å². The Balaban J connectivity index is 1.59. The Bertz CT molecular complexity index is 943. The topological polar surface area (TPSA) is 49.4 Å². The molecule has 0 bridgehead atoms. The number of fused-ring (bicyclic) bond motifs is 1. The third kappa shape index (κ3) is 5.82. The van der Waals surface area contributed by atoms with Crippen LogP contribution in [-0.2, 0) is 23.0 Å². The number of rotatable bonds is 11. The summed E-state index contributed by atoms with van der Waals surface area (Å²) in [5.41, 5.74) is 2.66. The average molecular weight is 445 g/mol. The van der Waals surface area contributed by atoms with E-state index in [2.05, 4.69) is 12.2 Å². The first-order chi connectivity index (χ1) is 14.5. The highest BCUT2D eigenvalue weighted by Gasteiger charge is 2.34. The number of thiocarbonyl (C=S) groups is 1. The summed E-state index contributed by atoms with van der Waals surface area (Å²) in [6.45, 7) is 2.47. The molecular formula is C24H32N2O2S2. The van der Waals surface area contributed by atoms with Gasteiger partial charge in [-0.25, -0.2) is 12.7 Å². The van der Waals surface area contributed by atoms with Gasteiger partial charge >= 0.3 is 0 Å². The SMILES string of the molecule is CCCCCCCCCCc1ccc2c(c1)NC(=S)N(Cc1ccccc1)S2(=O)=O. The van der Waals surface area contributed by atoms with Gasteiger partial charge in [-0.05, 0) is 48.3 Å². The van der Waals surface area contributed by atoms with E-state index in [0.29, 0.717) is 10.6 Å². The molecule has 3 rings (SSSR count). The fourth-order valence-corrected chi connectivity index (χ4v) is 5.75. The third-order valence-corrected chi connectivity index (χ3v) is 7.81. The van der Waals surface area contributed by atoms with Crippen molar-refractivity contribution < 1.29 is 8.42 Å². The molecule has 6 heteroatoms. The molecule has 0 saturated carbocycles. The number of benzene rings is 2. The van der Waals surface area contributed by atoms with Gasteiger partial charge < -0.3 is 5.32 Å². The second-order valence-corrected chi connectivity index (χ2v) is 10.2. The monoisotopic (exact) mass is 444 g/mol. The Kier molecular flexibility index (Phi) is 8.28. The minimum absolute atomic E-state index is 0.231. The van der Waals surface area contributed by atoms with Crippen molar-refractivity contribution in [3.05, 3.63) is 59.7 Å². The Labute approximate surface area is 186 Å². The van der Waals surface area contributed by atoms with Gasteiger partial charge in [0.15, 0.2) is 5.11 Å². The summed E-state index contributed by atoms with van der Waals surface area (Å²) >= 11 is 5.40. The zero-order chi connectivity index (χ0) is 21.4. The molecule has 0 amide bonds. The highest BCUT2D eigenvalue weighted by atomic mass is 32.2. The molecule has 4 nitrogen and oxygen atoms in total. The van der Waals surface area contributed by atoms with Crippen molar-refractivity contribution in [1.82, 2.24) is 4.31 Å². The molecular weight excluding hydrogens is 412 g/mol. The molecule has 0 saturated heterocycles. The zero-order valence-electron chi connectivity index (χ0n) is 17.8. The van der Waals surface area contributed by atoms with E-state index in [1.165, 1.54) is 49.3 Å². The number of hydrogen-bond acceptors (Lipinski definition) is 3. The van der Waals surface area contributed by atoms with E-state index in [4.69, 9.17) is 12.2 Å². The fourth-order valence-electron chi connectivity index (χ4n) is 3.83. The van der Waals surface area contributed by atoms with E-state index in [0.717, 1.165) is 24.0 Å². The van der Waals surface area contributed by atoms with Crippen molar-refractivity contribution in [2.45, 2.75) is 76.2 Å². The lowest BCUT2D eigenvalue weighted by atomic mass is 10.0. The third-order valence-electron chi connectivity index (χ3n) is 5.57. The average Bonchev–Trinajstić information content (AvgIpc) is 2.73. The molecule has 1 heterocycles. The van der Waals surface area contributed by atoms with Crippen LogP contribution in [-0.4, -0.2) is 17.8 Å². The molecule has 0 aliphatic carbocycles. The molecule has 0 unspecified atom stereocenters. The van der Waals surface area contributed by atoms with Crippen molar-refractivity contribution in [3.8, 4) is 0 Å². The number of sulfonamides is 1. The molecule has 30 heavy (non-hydrogen) atoms. The Morgan fingerprint density at radius 3 is 2.23 bits per heavy atom. The highest BCUT2D eigenvalue weighted by molar-refractivity contribution is 7.92. The molecule has 0 atom stereocenters. The zero-order valence-corrected chi connectivity index (χ0v) is 19.4. The molecule has 2 aromatic carbocycles. The number of nitrogens with one attached hydrogen (secondary N) is 1. The standard InChI is InChI=1S/C24H32N2O2S2/c1-2-3-4-5-6-7-8-10-13-20-16-17-23-22(18-20)25-24(29)26(30(23,27)28)19-21-14-11-9-12-15-21/h9,11-12,14-18H,2-8,10,13,19H2,1H3,(H,25,29). The van der Waals surface area contributed by atoms with E-state index < -0.39 is 10.0 Å². The first-order valence-electron chi connectivity index (χ1n) is 11.0. The van der Waals surface area contributed by atoms with Gasteiger partial charge in [0.2, 0.25) is 0 Å². The summed E-state index contributed by atoms with van der Waals surface area (Å²) in [6, 6.07) is 15.1. The molecule has 162 valence electrons. The van der Waals surface area contributed by atoms with Crippen LogP contribution in [0.2, 0.25) is 0 Å².